The van der Waals surface area contributed by atoms with Crippen LogP contribution in [-0.4, -0.2) is 36.4 Å². The molecule has 2 N–H and O–H groups in total. The molecule has 17 heavy (non-hydrogen) atoms. The van der Waals surface area contributed by atoms with Gasteiger partial charge in [0.15, 0.2) is 0 Å². The summed E-state index contributed by atoms with van der Waals surface area (Å²) in [5.74, 6) is 0.388. The maximum Gasteiger partial charge on any atom is 0.146 e. The molecule has 0 aliphatic carbocycles. The van der Waals surface area contributed by atoms with Crippen LogP contribution in [-0.2, 0) is 4.79 Å². The Morgan fingerprint density at radius 2 is 2.00 bits per heavy atom. The fourth-order valence-corrected chi connectivity index (χ4v) is 2.23. The average molecular weight is 238 g/mol. The molecule has 1 aliphatic rings. The SMILES string of the molecule is C=CCCCCCC(=O)CN1CCC(N)CC1. The van der Waals surface area contributed by atoms with E-state index in [0.29, 0.717) is 18.4 Å². The minimum atomic E-state index is 0.347. The van der Waals surface area contributed by atoms with Gasteiger partial charge in [-0.2, -0.15) is 0 Å². The van der Waals surface area contributed by atoms with Crippen LogP contribution in [0.5, 0.6) is 0 Å². The van der Waals surface area contributed by atoms with Gasteiger partial charge in [0.2, 0.25) is 0 Å². The number of carbonyl (C=O) groups excluding carboxylic acids is 1. The van der Waals surface area contributed by atoms with E-state index in [1.165, 1.54) is 0 Å². The Hall–Kier alpha value is -0.670. The fourth-order valence-electron chi connectivity index (χ4n) is 2.23. The Balaban J connectivity index is 2.02. The van der Waals surface area contributed by atoms with Crippen LogP contribution in [0.4, 0.5) is 0 Å². The second-order valence-corrected chi connectivity index (χ2v) is 5.04. The summed E-state index contributed by atoms with van der Waals surface area (Å²) in [5.41, 5.74) is 5.83. The number of rotatable bonds is 8. The highest BCUT2D eigenvalue weighted by Gasteiger charge is 2.17. The molecule has 0 saturated carbocycles. The number of nitrogens with zero attached hydrogens (tertiary/aromatic N) is 1. The molecule has 0 aromatic rings. The Labute approximate surface area is 105 Å². The van der Waals surface area contributed by atoms with Crippen LogP contribution in [0.1, 0.15) is 44.9 Å². The minimum Gasteiger partial charge on any atom is -0.328 e. The third-order valence-corrected chi connectivity index (χ3v) is 3.40. The number of Topliss-reactive ketones (excluding diaryl/α,β-unsaturated/α-hetero) is 1. The van der Waals surface area contributed by atoms with Gasteiger partial charge < -0.3 is 5.73 Å². The molecule has 0 aromatic carbocycles. The first-order valence-electron chi connectivity index (χ1n) is 6.83. The smallest absolute Gasteiger partial charge is 0.146 e. The lowest BCUT2D eigenvalue weighted by Crippen LogP contribution is -2.41. The molecule has 0 amide bonds. The highest BCUT2D eigenvalue weighted by atomic mass is 16.1. The van der Waals surface area contributed by atoms with Gasteiger partial charge in [0.25, 0.3) is 0 Å². The van der Waals surface area contributed by atoms with Gasteiger partial charge >= 0.3 is 0 Å². The van der Waals surface area contributed by atoms with E-state index in [9.17, 15) is 4.79 Å². The van der Waals surface area contributed by atoms with Crippen molar-refractivity contribution < 1.29 is 4.79 Å². The Bertz CT molecular complexity index is 232. The summed E-state index contributed by atoms with van der Waals surface area (Å²) >= 11 is 0. The molecule has 0 spiro atoms. The van der Waals surface area contributed by atoms with Crippen LogP contribution >= 0.6 is 0 Å². The summed E-state index contributed by atoms with van der Waals surface area (Å²) in [6.07, 6.45) is 9.15. The summed E-state index contributed by atoms with van der Waals surface area (Å²) in [4.78, 5) is 14.0. The number of piperidine rings is 1. The van der Waals surface area contributed by atoms with Gasteiger partial charge in [-0.25, -0.2) is 0 Å². The Morgan fingerprint density at radius 1 is 1.29 bits per heavy atom. The number of unbranched alkanes of at least 4 members (excludes halogenated alkanes) is 3. The van der Waals surface area contributed by atoms with E-state index >= 15 is 0 Å². The van der Waals surface area contributed by atoms with Crippen molar-refractivity contribution in [3.63, 3.8) is 0 Å². The van der Waals surface area contributed by atoms with Gasteiger partial charge in [-0.05, 0) is 32.1 Å². The number of hydrogen-bond donors (Lipinski definition) is 1. The van der Waals surface area contributed by atoms with Crippen molar-refractivity contribution in [3.8, 4) is 0 Å². The second kappa shape index (κ2) is 8.43. The summed E-state index contributed by atoms with van der Waals surface area (Å²) in [5, 5.41) is 0. The largest absolute Gasteiger partial charge is 0.328 e. The number of nitrogens with two attached hydrogens (primary N) is 1. The second-order valence-electron chi connectivity index (χ2n) is 5.04. The predicted octanol–water partition coefficient (Wildman–Crippen LogP) is 2.12. The molecule has 0 radical (unpaired) electrons. The predicted molar refractivity (Wildman–Crippen MR) is 71.9 cm³/mol. The number of hydrogen-bond acceptors (Lipinski definition) is 3. The number of allylic oxidation sites excluding steroid dienone is 1. The normalized spacial score (nSPS) is 18.2. The van der Waals surface area contributed by atoms with Crippen LogP contribution in [0.25, 0.3) is 0 Å². The summed E-state index contributed by atoms with van der Waals surface area (Å²) < 4.78 is 0. The third kappa shape index (κ3) is 6.59. The third-order valence-electron chi connectivity index (χ3n) is 3.40. The monoisotopic (exact) mass is 238 g/mol. The number of ketones is 1. The highest BCUT2D eigenvalue weighted by molar-refractivity contribution is 5.80. The quantitative estimate of drug-likeness (QED) is 0.520. The van der Waals surface area contributed by atoms with Crippen molar-refractivity contribution >= 4 is 5.78 Å². The van der Waals surface area contributed by atoms with Crippen molar-refractivity contribution in [1.29, 1.82) is 0 Å². The molecule has 0 unspecified atom stereocenters. The zero-order valence-corrected chi connectivity index (χ0v) is 10.9. The van der Waals surface area contributed by atoms with Crippen molar-refractivity contribution in [2.75, 3.05) is 19.6 Å². The molecule has 3 heteroatoms. The Morgan fingerprint density at radius 3 is 2.65 bits per heavy atom. The molecule has 0 bridgehead atoms. The van der Waals surface area contributed by atoms with E-state index in [-0.39, 0.29) is 0 Å². The van der Waals surface area contributed by atoms with Gasteiger partial charge in [-0.1, -0.05) is 12.5 Å². The van der Waals surface area contributed by atoms with Crippen LogP contribution in [0.2, 0.25) is 0 Å². The molecule has 0 aromatic heterocycles. The highest BCUT2D eigenvalue weighted by Crippen LogP contribution is 2.09. The molecular formula is C14H26N2O. The van der Waals surface area contributed by atoms with Crippen LogP contribution in [0.15, 0.2) is 12.7 Å². The van der Waals surface area contributed by atoms with Gasteiger partial charge in [0.05, 0.1) is 6.54 Å². The lowest BCUT2D eigenvalue weighted by atomic mass is 10.0. The molecular weight excluding hydrogens is 212 g/mol. The first kappa shape index (κ1) is 14.4. The van der Waals surface area contributed by atoms with Gasteiger partial charge in [-0.15, -0.1) is 6.58 Å². The molecule has 1 aliphatic heterocycles. The summed E-state index contributed by atoms with van der Waals surface area (Å²) in [7, 11) is 0. The molecule has 1 rings (SSSR count). The fraction of sp³-hybridized carbons (Fsp3) is 0.786. The first-order chi connectivity index (χ1) is 8.22. The maximum atomic E-state index is 11.7. The van der Waals surface area contributed by atoms with Crippen LogP contribution in [0.3, 0.4) is 0 Å². The lowest BCUT2D eigenvalue weighted by molar-refractivity contribution is -0.120. The minimum absolute atomic E-state index is 0.347. The van der Waals surface area contributed by atoms with Crippen molar-refractivity contribution in [2.24, 2.45) is 5.73 Å². The zero-order chi connectivity index (χ0) is 12.5. The van der Waals surface area contributed by atoms with E-state index < -0.39 is 0 Å². The van der Waals surface area contributed by atoms with Gasteiger partial charge in [0, 0.05) is 25.6 Å². The van der Waals surface area contributed by atoms with Crippen LogP contribution < -0.4 is 5.73 Å². The Kier molecular flexibility index (Phi) is 7.13. The van der Waals surface area contributed by atoms with E-state index in [4.69, 9.17) is 5.73 Å². The van der Waals surface area contributed by atoms with Crippen molar-refractivity contribution in [3.05, 3.63) is 12.7 Å². The lowest BCUT2D eigenvalue weighted by Gasteiger charge is -2.29. The van der Waals surface area contributed by atoms with Crippen LogP contribution in [0, 0.1) is 0 Å². The first-order valence-corrected chi connectivity index (χ1v) is 6.83. The maximum absolute atomic E-state index is 11.7. The van der Waals surface area contributed by atoms with Gasteiger partial charge in [-0.3, -0.25) is 9.69 Å². The standard InChI is InChI=1S/C14H26N2O/c1-2-3-4-5-6-7-14(17)12-16-10-8-13(15)9-11-16/h2,13H,1,3-12,15H2. The summed E-state index contributed by atoms with van der Waals surface area (Å²) in [6.45, 7) is 6.31. The molecule has 98 valence electrons. The molecule has 1 heterocycles. The van der Waals surface area contributed by atoms with Crippen molar-refractivity contribution in [1.82, 2.24) is 4.90 Å². The van der Waals surface area contributed by atoms with E-state index in [1.807, 2.05) is 6.08 Å². The number of carbonyl (C=O) groups is 1. The summed E-state index contributed by atoms with van der Waals surface area (Å²) in [6, 6.07) is 0.347. The molecule has 1 saturated heterocycles. The van der Waals surface area contributed by atoms with E-state index in [1.54, 1.807) is 0 Å². The van der Waals surface area contributed by atoms with Gasteiger partial charge in [0.1, 0.15) is 5.78 Å². The average Bonchev–Trinajstić information content (AvgIpc) is 2.32. The van der Waals surface area contributed by atoms with E-state index in [2.05, 4.69) is 11.5 Å². The topological polar surface area (TPSA) is 46.3 Å². The zero-order valence-electron chi connectivity index (χ0n) is 10.9. The molecule has 1 fully saturated rings. The molecule has 3 nitrogen and oxygen atoms in total. The van der Waals surface area contributed by atoms with Crippen molar-refractivity contribution in [2.45, 2.75) is 51.0 Å². The number of likely N-dealkylation sites (tertiary alicyclic amines) is 1. The molecule has 0 atom stereocenters. The van der Waals surface area contributed by atoms with E-state index in [0.717, 1.165) is 58.0 Å².